The van der Waals surface area contributed by atoms with Crippen molar-refractivity contribution in [1.82, 2.24) is 9.88 Å². The topological polar surface area (TPSA) is 71.3 Å². The van der Waals surface area contributed by atoms with Crippen molar-refractivity contribution in [3.63, 3.8) is 0 Å². The molecule has 1 heterocycles. The highest BCUT2D eigenvalue weighted by atomic mass is 79.9. The van der Waals surface area contributed by atoms with Crippen molar-refractivity contribution in [2.75, 3.05) is 26.0 Å². The van der Waals surface area contributed by atoms with Gasteiger partial charge in [-0.2, -0.15) is 0 Å². The second-order valence-electron chi connectivity index (χ2n) is 4.50. The Morgan fingerprint density at radius 3 is 2.72 bits per heavy atom. The Hall–Kier alpha value is -1.21. The van der Waals surface area contributed by atoms with Gasteiger partial charge in [0.2, 0.25) is 0 Å². The molecule has 1 aromatic rings. The second-order valence-corrected chi connectivity index (χ2v) is 5.29. The molecule has 1 atom stereocenters. The molecule has 0 aromatic carbocycles. The summed E-state index contributed by atoms with van der Waals surface area (Å²) in [5.74, 6) is 0.632. The van der Waals surface area contributed by atoms with E-state index in [1.165, 1.54) is 6.20 Å². The summed E-state index contributed by atoms with van der Waals surface area (Å²) in [6, 6.07) is 0.199. The third-order valence-corrected chi connectivity index (χ3v) is 3.43. The molecule has 0 aliphatic heterocycles. The van der Waals surface area contributed by atoms with Crippen molar-refractivity contribution < 1.29 is 4.92 Å². The minimum Gasteiger partial charge on any atom is -0.365 e. The van der Waals surface area contributed by atoms with Gasteiger partial charge in [-0.15, -0.1) is 0 Å². The first kappa shape index (κ1) is 14.8. The molecule has 6 nitrogen and oxygen atoms in total. The quantitative estimate of drug-likeness (QED) is 0.667. The van der Waals surface area contributed by atoms with E-state index in [4.69, 9.17) is 0 Å². The van der Waals surface area contributed by atoms with Gasteiger partial charge in [0.1, 0.15) is 12.0 Å². The zero-order valence-corrected chi connectivity index (χ0v) is 12.5. The van der Waals surface area contributed by atoms with Crippen molar-refractivity contribution in [3.8, 4) is 0 Å². The molecule has 0 amide bonds. The summed E-state index contributed by atoms with van der Waals surface area (Å²) in [4.78, 5) is 16.5. The number of hydrogen-bond acceptors (Lipinski definition) is 5. The summed E-state index contributed by atoms with van der Waals surface area (Å²) in [6.45, 7) is 4.58. The van der Waals surface area contributed by atoms with Gasteiger partial charge in [-0.3, -0.25) is 10.1 Å². The molecule has 7 heteroatoms. The van der Waals surface area contributed by atoms with Crippen LogP contribution in [0.15, 0.2) is 10.7 Å². The molecule has 0 radical (unpaired) electrons. The standard InChI is InChI=1S/C11H17BrN4O2/c1-7(6-15(3)4)14-11-10(12)8(2)9(5-13-11)16(17)18/h5,7H,6H2,1-4H3,(H,13,14). The molecule has 1 rings (SSSR count). The van der Waals surface area contributed by atoms with Gasteiger partial charge >= 0.3 is 0 Å². The lowest BCUT2D eigenvalue weighted by atomic mass is 10.2. The zero-order chi connectivity index (χ0) is 13.9. The summed E-state index contributed by atoms with van der Waals surface area (Å²) in [5.41, 5.74) is 0.599. The van der Waals surface area contributed by atoms with Crippen LogP contribution in [0.1, 0.15) is 12.5 Å². The van der Waals surface area contributed by atoms with Crippen LogP contribution in [0.5, 0.6) is 0 Å². The smallest absolute Gasteiger partial charge is 0.291 e. The normalized spacial score (nSPS) is 12.6. The summed E-state index contributed by atoms with van der Waals surface area (Å²) < 4.78 is 0.641. The fraction of sp³-hybridized carbons (Fsp3) is 0.545. The van der Waals surface area contributed by atoms with Crippen molar-refractivity contribution in [1.29, 1.82) is 0 Å². The van der Waals surface area contributed by atoms with Crippen LogP contribution in [0, 0.1) is 17.0 Å². The highest BCUT2D eigenvalue weighted by Gasteiger charge is 2.18. The van der Waals surface area contributed by atoms with E-state index in [1.54, 1.807) is 6.92 Å². The van der Waals surface area contributed by atoms with Gasteiger partial charge in [-0.25, -0.2) is 4.98 Å². The maximum atomic E-state index is 10.8. The number of nitrogens with zero attached hydrogens (tertiary/aromatic N) is 3. The molecule has 100 valence electrons. The molecule has 0 bridgehead atoms. The van der Waals surface area contributed by atoms with Crippen molar-refractivity contribution in [2.45, 2.75) is 19.9 Å². The number of likely N-dealkylation sites (N-methyl/N-ethyl adjacent to an activating group) is 1. The predicted molar refractivity (Wildman–Crippen MR) is 75.0 cm³/mol. The third kappa shape index (κ3) is 3.64. The molecular formula is C11H17BrN4O2. The van der Waals surface area contributed by atoms with Crippen LogP contribution >= 0.6 is 15.9 Å². The highest BCUT2D eigenvalue weighted by molar-refractivity contribution is 9.10. The van der Waals surface area contributed by atoms with Crippen molar-refractivity contribution in [2.24, 2.45) is 0 Å². The Labute approximate surface area is 115 Å². The molecule has 1 unspecified atom stereocenters. The fourth-order valence-corrected chi connectivity index (χ4v) is 2.10. The van der Waals surface area contributed by atoms with Crippen LogP contribution in [-0.2, 0) is 0 Å². The van der Waals surface area contributed by atoms with Gasteiger partial charge in [0.05, 0.1) is 9.40 Å². The molecule has 0 aliphatic carbocycles. The van der Waals surface area contributed by atoms with Crippen LogP contribution in [0.4, 0.5) is 11.5 Å². The average molecular weight is 317 g/mol. The number of hydrogen-bond donors (Lipinski definition) is 1. The van der Waals surface area contributed by atoms with Gasteiger partial charge in [0, 0.05) is 18.2 Å². The van der Waals surface area contributed by atoms with E-state index in [0.29, 0.717) is 15.9 Å². The largest absolute Gasteiger partial charge is 0.365 e. The molecule has 0 spiro atoms. The summed E-state index contributed by atoms with van der Waals surface area (Å²) in [5, 5.41) is 14.0. The van der Waals surface area contributed by atoms with Crippen LogP contribution in [0.3, 0.4) is 0 Å². The second kappa shape index (κ2) is 6.10. The SMILES string of the molecule is Cc1c([N+](=O)[O-])cnc(NC(C)CN(C)C)c1Br. The van der Waals surface area contributed by atoms with E-state index in [1.807, 2.05) is 21.0 Å². The minimum absolute atomic E-state index is 0.0210. The van der Waals surface area contributed by atoms with Crippen LogP contribution in [-0.4, -0.2) is 41.5 Å². The summed E-state index contributed by atoms with van der Waals surface area (Å²) in [6.07, 6.45) is 1.28. The number of anilines is 1. The maximum absolute atomic E-state index is 10.8. The van der Waals surface area contributed by atoms with Crippen LogP contribution in [0.25, 0.3) is 0 Å². The Kier molecular flexibility index (Phi) is 5.03. The van der Waals surface area contributed by atoms with Gasteiger partial charge < -0.3 is 10.2 Å². The van der Waals surface area contributed by atoms with Gasteiger partial charge in [-0.1, -0.05) is 0 Å². The molecule has 1 aromatic heterocycles. The first-order valence-corrected chi connectivity index (χ1v) is 6.33. The van der Waals surface area contributed by atoms with Gasteiger partial charge in [-0.05, 0) is 43.9 Å². The Bertz CT molecular complexity index is 451. The third-order valence-electron chi connectivity index (χ3n) is 2.46. The van der Waals surface area contributed by atoms with Gasteiger partial charge in [0.25, 0.3) is 5.69 Å². The first-order chi connectivity index (χ1) is 8.32. The monoisotopic (exact) mass is 316 g/mol. The molecule has 0 aliphatic rings. The fourth-order valence-electron chi connectivity index (χ4n) is 1.68. The summed E-state index contributed by atoms with van der Waals surface area (Å²) >= 11 is 3.35. The van der Waals surface area contributed by atoms with E-state index in [0.717, 1.165) is 6.54 Å². The van der Waals surface area contributed by atoms with E-state index < -0.39 is 4.92 Å². The Morgan fingerprint density at radius 2 is 2.22 bits per heavy atom. The number of rotatable bonds is 5. The molecule has 18 heavy (non-hydrogen) atoms. The highest BCUT2D eigenvalue weighted by Crippen LogP contribution is 2.30. The lowest BCUT2D eigenvalue weighted by molar-refractivity contribution is -0.385. The van der Waals surface area contributed by atoms with Crippen molar-refractivity contribution >= 4 is 27.4 Å². The van der Waals surface area contributed by atoms with E-state index in [2.05, 4.69) is 31.1 Å². The van der Waals surface area contributed by atoms with E-state index in [-0.39, 0.29) is 11.7 Å². The number of pyridine rings is 1. The van der Waals surface area contributed by atoms with Gasteiger partial charge in [0.15, 0.2) is 0 Å². The molecule has 0 saturated carbocycles. The van der Waals surface area contributed by atoms with Crippen LogP contribution < -0.4 is 5.32 Å². The Morgan fingerprint density at radius 1 is 1.61 bits per heavy atom. The zero-order valence-electron chi connectivity index (χ0n) is 10.9. The summed E-state index contributed by atoms with van der Waals surface area (Å²) in [7, 11) is 3.98. The minimum atomic E-state index is -0.430. The van der Waals surface area contributed by atoms with E-state index >= 15 is 0 Å². The Balaban J connectivity index is 2.92. The molecule has 1 N–H and O–H groups in total. The molecule has 0 saturated heterocycles. The number of halogens is 1. The number of aromatic nitrogens is 1. The molecular weight excluding hydrogens is 300 g/mol. The predicted octanol–water partition coefficient (Wildman–Crippen LogP) is 2.42. The van der Waals surface area contributed by atoms with E-state index in [9.17, 15) is 10.1 Å². The maximum Gasteiger partial charge on any atom is 0.291 e. The average Bonchev–Trinajstić information content (AvgIpc) is 2.23. The lowest BCUT2D eigenvalue weighted by Crippen LogP contribution is -2.30. The lowest BCUT2D eigenvalue weighted by Gasteiger charge is -2.19. The molecule has 0 fully saturated rings. The number of nitrogens with one attached hydrogen (secondary N) is 1. The first-order valence-electron chi connectivity index (χ1n) is 5.53. The number of nitro groups is 1. The van der Waals surface area contributed by atoms with Crippen molar-refractivity contribution in [3.05, 3.63) is 26.3 Å². The van der Waals surface area contributed by atoms with Crippen LogP contribution in [0.2, 0.25) is 0 Å².